The van der Waals surface area contributed by atoms with Gasteiger partial charge in [-0.05, 0) is 86.3 Å². The van der Waals surface area contributed by atoms with Gasteiger partial charge in [0.2, 0.25) is 0 Å². The largest absolute Gasteiger partial charge is 0.494 e. The molecule has 1 amide bonds. The minimum absolute atomic E-state index is 0.192. The van der Waals surface area contributed by atoms with Gasteiger partial charge in [0.05, 0.1) is 12.1 Å². The molecule has 1 atom stereocenters. The van der Waals surface area contributed by atoms with Crippen molar-refractivity contribution >= 4 is 44.1 Å². The Morgan fingerprint density at radius 1 is 0.764 bits per heavy atom. The van der Waals surface area contributed by atoms with E-state index >= 15 is 0 Å². The molecule has 4 aromatic rings. The van der Waals surface area contributed by atoms with Crippen LogP contribution in [-0.4, -0.2) is 72.9 Å². The number of amides is 1. The number of hydrogen-bond acceptors (Lipinski definition) is 7. The highest BCUT2D eigenvalue weighted by atomic mass is 32.1. The van der Waals surface area contributed by atoms with Crippen molar-refractivity contribution < 1.29 is 14.3 Å². The summed E-state index contributed by atoms with van der Waals surface area (Å²) in [7, 11) is 0. The number of hydrogen-bond donors (Lipinski definition) is 0. The van der Waals surface area contributed by atoms with E-state index in [9.17, 15) is 9.59 Å². The number of fused-ring (bicyclic) bond motifs is 2. The summed E-state index contributed by atoms with van der Waals surface area (Å²) in [5.74, 6) is 0.723. The number of aromatic nitrogens is 1. The van der Waals surface area contributed by atoms with E-state index in [1.54, 1.807) is 17.6 Å². The molecule has 2 aromatic heterocycles. The summed E-state index contributed by atoms with van der Waals surface area (Å²) in [6.07, 6.45) is 17.7. The van der Waals surface area contributed by atoms with Gasteiger partial charge in [0.15, 0.2) is 6.23 Å². The molecule has 0 radical (unpaired) electrons. The molecule has 2 aromatic carbocycles. The monoisotopic (exact) mass is 772 g/mol. The Bertz CT molecular complexity index is 1750. The number of ether oxygens (including phenoxy) is 2. The number of piperazine rings is 1. The van der Waals surface area contributed by atoms with Gasteiger partial charge in [-0.15, -0.1) is 11.3 Å². The van der Waals surface area contributed by atoms with E-state index in [1.807, 2.05) is 40.5 Å². The number of rotatable bonds is 25. The number of benzene rings is 2. The number of pyridine rings is 1. The fourth-order valence-electron chi connectivity index (χ4n) is 7.88. The van der Waals surface area contributed by atoms with Gasteiger partial charge in [-0.25, -0.2) is 4.79 Å². The van der Waals surface area contributed by atoms with Crippen LogP contribution < -0.4 is 15.2 Å². The topological polar surface area (TPSA) is 67.2 Å². The summed E-state index contributed by atoms with van der Waals surface area (Å²) in [6, 6.07) is 18.2. The van der Waals surface area contributed by atoms with E-state index in [0.717, 1.165) is 82.4 Å². The average Bonchev–Trinajstić information content (AvgIpc) is 3.69. The zero-order chi connectivity index (χ0) is 38.7. The Morgan fingerprint density at radius 3 is 2.11 bits per heavy atom. The average molecular weight is 773 g/mol. The van der Waals surface area contributed by atoms with E-state index in [0.29, 0.717) is 25.2 Å². The van der Waals surface area contributed by atoms with Crippen molar-refractivity contribution in [1.82, 2.24) is 14.4 Å². The smallest absolute Gasteiger partial charge is 0.411 e. The molecular formula is C46H68N4O4S. The van der Waals surface area contributed by atoms with Crippen LogP contribution in [0.4, 0.5) is 10.5 Å². The summed E-state index contributed by atoms with van der Waals surface area (Å²) in [6.45, 7) is 13.6. The minimum atomic E-state index is -0.747. The maximum absolute atomic E-state index is 13.6. The molecule has 0 bridgehead atoms. The number of unbranched alkanes of at least 4 members (excludes halogenated alkanes) is 13. The van der Waals surface area contributed by atoms with Crippen molar-refractivity contribution in [1.29, 1.82) is 0 Å². The highest BCUT2D eigenvalue weighted by molar-refractivity contribution is 7.17. The molecule has 0 N–H and O–H groups in total. The first-order chi connectivity index (χ1) is 27.0. The molecule has 55 heavy (non-hydrogen) atoms. The van der Waals surface area contributed by atoms with Crippen LogP contribution in [0.25, 0.3) is 21.0 Å². The lowest BCUT2D eigenvalue weighted by atomic mass is 10.1. The fraction of sp³-hybridized carbons (Fsp3) is 0.609. The molecule has 1 aliphatic rings. The van der Waals surface area contributed by atoms with E-state index in [2.05, 4.69) is 53.3 Å². The zero-order valence-electron chi connectivity index (χ0n) is 34.2. The van der Waals surface area contributed by atoms with E-state index in [4.69, 9.17) is 9.47 Å². The normalized spacial score (nSPS) is 14.1. The summed E-state index contributed by atoms with van der Waals surface area (Å²) in [5.41, 5.74) is 1.88. The lowest BCUT2D eigenvalue weighted by Gasteiger charge is -2.36. The number of thiophene rings is 1. The van der Waals surface area contributed by atoms with Gasteiger partial charge in [0.1, 0.15) is 5.75 Å². The molecule has 0 saturated carbocycles. The summed E-state index contributed by atoms with van der Waals surface area (Å²) >= 11 is 1.81. The quantitative estimate of drug-likeness (QED) is 0.0625. The van der Waals surface area contributed by atoms with Crippen LogP contribution >= 0.6 is 11.3 Å². The molecule has 3 heterocycles. The van der Waals surface area contributed by atoms with Crippen molar-refractivity contribution in [2.24, 2.45) is 0 Å². The second-order valence-corrected chi connectivity index (χ2v) is 16.4. The number of anilines is 1. The first-order valence-corrected chi connectivity index (χ1v) is 22.5. The van der Waals surface area contributed by atoms with Crippen molar-refractivity contribution in [3.05, 3.63) is 70.3 Å². The van der Waals surface area contributed by atoms with Gasteiger partial charge in [0, 0.05) is 67.2 Å². The van der Waals surface area contributed by atoms with Crippen LogP contribution in [0, 0.1) is 0 Å². The summed E-state index contributed by atoms with van der Waals surface area (Å²) in [5, 5.41) is 4.46. The molecule has 8 nitrogen and oxygen atoms in total. The minimum Gasteiger partial charge on any atom is -0.494 e. The maximum atomic E-state index is 13.6. The third-order valence-corrected chi connectivity index (χ3v) is 12.1. The molecule has 0 spiro atoms. The number of carbonyl (C=O) groups excluding carboxylic acids is 1. The van der Waals surface area contributed by atoms with Gasteiger partial charge in [-0.2, -0.15) is 0 Å². The Morgan fingerprint density at radius 2 is 1.42 bits per heavy atom. The second-order valence-electron chi connectivity index (χ2n) is 15.5. The molecule has 5 rings (SSSR count). The summed E-state index contributed by atoms with van der Waals surface area (Å²) < 4.78 is 15.2. The van der Waals surface area contributed by atoms with Crippen molar-refractivity contribution in [2.45, 2.75) is 130 Å². The third-order valence-electron chi connectivity index (χ3n) is 11.2. The van der Waals surface area contributed by atoms with Crippen LogP contribution in [0.15, 0.2) is 64.8 Å². The number of carbonyl (C=O) groups is 1. The second kappa shape index (κ2) is 23.5. The molecule has 9 heteroatoms. The molecule has 1 fully saturated rings. The molecule has 1 saturated heterocycles. The lowest BCUT2D eigenvalue weighted by Crippen LogP contribution is -2.46. The summed E-state index contributed by atoms with van der Waals surface area (Å²) in [4.78, 5) is 33.9. The van der Waals surface area contributed by atoms with Crippen molar-refractivity contribution in [3.63, 3.8) is 0 Å². The lowest BCUT2D eigenvalue weighted by molar-refractivity contribution is 0.0380. The van der Waals surface area contributed by atoms with Gasteiger partial charge in [-0.1, -0.05) is 97.0 Å². The van der Waals surface area contributed by atoms with Gasteiger partial charge < -0.3 is 19.3 Å². The van der Waals surface area contributed by atoms with Gasteiger partial charge >= 0.3 is 6.09 Å². The maximum Gasteiger partial charge on any atom is 0.411 e. The first-order valence-electron chi connectivity index (χ1n) is 21.7. The van der Waals surface area contributed by atoms with Crippen LogP contribution in [0.2, 0.25) is 0 Å². The van der Waals surface area contributed by atoms with E-state index in [-0.39, 0.29) is 11.7 Å². The van der Waals surface area contributed by atoms with Crippen molar-refractivity contribution in [2.75, 3.05) is 57.3 Å². The molecule has 0 aliphatic carbocycles. The fourth-order valence-corrected chi connectivity index (χ4v) is 8.69. The van der Waals surface area contributed by atoms with Crippen LogP contribution in [0.5, 0.6) is 5.75 Å². The highest BCUT2D eigenvalue weighted by Gasteiger charge is 2.21. The van der Waals surface area contributed by atoms with E-state index < -0.39 is 6.23 Å². The van der Waals surface area contributed by atoms with Crippen LogP contribution in [0.1, 0.15) is 130 Å². The van der Waals surface area contributed by atoms with E-state index in [1.165, 1.54) is 80.0 Å². The first kappa shape index (κ1) is 42.6. The SMILES string of the molecule is CCCCCCCCCN(CCCCCCCCC)C(=O)OC(C)n1c(=O)ccc2ccc(OCCCCN3CCN(c4cccc5sccc45)CC3)cc21. The Balaban J connectivity index is 1.10. The molecule has 302 valence electrons. The van der Waals surface area contributed by atoms with Crippen molar-refractivity contribution in [3.8, 4) is 5.75 Å². The molecule has 1 unspecified atom stereocenters. The predicted molar refractivity (Wildman–Crippen MR) is 232 cm³/mol. The highest BCUT2D eigenvalue weighted by Crippen LogP contribution is 2.31. The van der Waals surface area contributed by atoms with Gasteiger partial charge in [0.25, 0.3) is 5.56 Å². The zero-order valence-corrected chi connectivity index (χ0v) is 35.0. The van der Waals surface area contributed by atoms with Gasteiger partial charge in [-0.3, -0.25) is 14.3 Å². The predicted octanol–water partition coefficient (Wildman–Crippen LogP) is 11.7. The van der Waals surface area contributed by atoms with Crippen LogP contribution in [0.3, 0.4) is 0 Å². The standard InChI is InChI=1S/C46H68N4O4S/c1-4-6-8-10-12-14-16-29-49(30-17-15-13-11-9-7-5-2)46(52)54-38(3)50-43-37-40(25-23-39(43)24-26-45(50)51)53-35-19-18-28-47-31-33-48(34-32-47)42-21-20-22-44-41(42)27-36-55-44/h20-27,36-38H,4-19,28-35H2,1-3H3. The number of nitrogens with zero attached hydrogens (tertiary/aromatic N) is 4. The Labute approximate surface area is 334 Å². The third kappa shape index (κ3) is 13.3. The Hall–Kier alpha value is -3.56. The molecular weight excluding hydrogens is 705 g/mol. The molecule has 1 aliphatic heterocycles. The Kier molecular flexibility index (Phi) is 18.2. The van der Waals surface area contributed by atoms with Crippen LogP contribution in [-0.2, 0) is 4.74 Å².